The van der Waals surface area contributed by atoms with Gasteiger partial charge < -0.3 is 0 Å². The molecule has 29 heavy (non-hydrogen) atoms. The number of aryl methyl sites for hydroxylation is 1. The van der Waals surface area contributed by atoms with Gasteiger partial charge in [-0.05, 0) is 61.0 Å². The van der Waals surface area contributed by atoms with E-state index in [-0.39, 0.29) is 22.6 Å². The summed E-state index contributed by atoms with van der Waals surface area (Å²) in [5, 5.41) is 0. The van der Waals surface area contributed by atoms with Crippen molar-refractivity contribution in [2.24, 2.45) is 11.8 Å². The lowest BCUT2D eigenvalue weighted by atomic mass is 9.73. The third-order valence-electron chi connectivity index (χ3n) is 6.71. The zero-order chi connectivity index (χ0) is 21.1. The maximum atomic E-state index is 14.9. The molecule has 0 aliphatic heterocycles. The van der Waals surface area contributed by atoms with Crippen molar-refractivity contribution < 1.29 is 17.6 Å². The number of hydrogen-bond donors (Lipinski definition) is 0. The fourth-order valence-electron chi connectivity index (χ4n) is 4.85. The molecule has 4 heteroatoms. The van der Waals surface area contributed by atoms with Crippen molar-refractivity contribution >= 4 is 0 Å². The standard InChI is InChI=1S/C25H30F4/c1-4-6-15(3)17-7-9-18(10-8-17)19-13-14-21(25(29)23(19)27)20-12-11-16(5-2)22(26)24(20)28/h11-15,17-18H,4-10H2,1-3H3. The van der Waals surface area contributed by atoms with Gasteiger partial charge in [0.05, 0.1) is 0 Å². The molecule has 0 aromatic heterocycles. The molecule has 0 saturated heterocycles. The van der Waals surface area contributed by atoms with Crippen molar-refractivity contribution in [3.8, 4) is 11.1 Å². The molecule has 1 atom stereocenters. The van der Waals surface area contributed by atoms with Crippen molar-refractivity contribution in [2.75, 3.05) is 0 Å². The average molecular weight is 407 g/mol. The molecule has 0 N–H and O–H groups in total. The number of hydrogen-bond acceptors (Lipinski definition) is 0. The Hall–Kier alpha value is -1.84. The van der Waals surface area contributed by atoms with Crippen LogP contribution in [0, 0.1) is 35.1 Å². The van der Waals surface area contributed by atoms with E-state index in [9.17, 15) is 17.6 Å². The predicted octanol–water partition coefficient (Wildman–Crippen LogP) is 8.18. The summed E-state index contributed by atoms with van der Waals surface area (Å²) in [6.07, 6.45) is 6.41. The largest absolute Gasteiger partial charge is 0.203 e. The van der Waals surface area contributed by atoms with E-state index in [0.717, 1.165) is 25.7 Å². The molecule has 0 spiro atoms. The Morgan fingerprint density at radius 2 is 1.38 bits per heavy atom. The van der Waals surface area contributed by atoms with Crippen LogP contribution in [0.3, 0.4) is 0 Å². The third kappa shape index (κ3) is 4.36. The molecule has 1 aliphatic rings. The van der Waals surface area contributed by atoms with E-state index < -0.39 is 23.3 Å². The molecule has 0 heterocycles. The lowest BCUT2D eigenvalue weighted by Gasteiger charge is -2.32. The molecule has 2 aromatic carbocycles. The van der Waals surface area contributed by atoms with Crippen LogP contribution in [0.25, 0.3) is 11.1 Å². The Kier molecular flexibility index (Phi) is 7.02. The van der Waals surface area contributed by atoms with Gasteiger partial charge in [0, 0.05) is 11.1 Å². The van der Waals surface area contributed by atoms with E-state index in [1.54, 1.807) is 13.0 Å². The molecule has 1 aliphatic carbocycles. The van der Waals surface area contributed by atoms with Gasteiger partial charge in [-0.15, -0.1) is 0 Å². The van der Waals surface area contributed by atoms with E-state index in [1.807, 2.05) is 0 Å². The fourth-order valence-corrected chi connectivity index (χ4v) is 4.85. The van der Waals surface area contributed by atoms with Gasteiger partial charge in [0.15, 0.2) is 23.3 Å². The van der Waals surface area contributed by atoms with Crippen LogP contribution in [0.15, 0.2) is 24.3 Å². The maximum Gasteiger partial charge on any atom is 0.167 e. The molecule has 158 valence electrons. The molecule has 2 aromatic rings. The lowest BCUT2D eigenvalue weighted by Crippen LogP contribution is -2.20. The summed E-state index contributed by atoms with van der Waals surface area (Å²) in [6.45, 7) is 6.18. The highest BCUT2D eigenvalue weighted by Gasteiger charge is 2.29. The van der Waals surface area contributed by atoms with Crippen LogP contribution >= 0.6 is 0 Å². The Bertz CT molecular complexity index is 850. The quantitative estimate of drug-likeness (QED) is 0.424. The summed E-state index contributed by atoms with van der Waals surface area (Å²) in [4.78, 5) is 0. The summed E-state index contributed by atoms with van der Waals surface area (Å²) in [6, 6.07) is 5.70. The van der Waals surface area contributed by atoms with Crippen LogP contribution in [-0.4, -0.2) is 0 Å². The second kappa shape index (κ2) is 9.32. The summed E-state index contributed by atoms with van der Waals surface area (Å²) >= 11 is 0. The lowest BCUT2D eigenvalue weighted by molar-refractivity contribution is 0.232. The summed E-state index contributed by atoms with van der Waals surface area (Å²) in [5.74, 6) is -2.85. The summed E-state index contributed by atoms with van der Waals surface area (Å²) in [5.41, 5.74) is 0.118. The van der Waals surface area contributed by atoms with Gasteiger partial charge in [0.1, 0.15) is 0 Å². The van der Waals surface area contributed by atoms with Crippen LogP contribution in [-0.2, 0) is 6.42 Å². The molecule has 1 fully saturated rings. The van der Waals surface area contributed by atoms with Gasteiger partial charge in [-0.25, -0.2) is 17.6 Å². The van der Waals surface area contributed by atoms with E-state index >= 15 is 0 Å². The van der Waals surface area contributed by atoms with Crippen LogP contribution in [0.1, 0.15) is 76.3 Å². The first-order valence-corrected chi connectivity index (χ1v) is 10.8. The van der Waals surface area contributed by atoms with Crippen molar-refractivity contribution in [3.05, 3.63) is 58.7 Å². The highest BCUT2D eigenvalue weighted by Crippen LogP contribution is 2.42. The van der Waals surface area contributed by atoms with E-state index in [0.29, 0.717) is 23.8 Å². The normalized spacial score (nSPS) is 20.7. The van der Waals surface area contributed by atoms with Crippen molar-refractivity contribution in [1.82, 2.24) is 0 Å². The van der Waals surface area contributed by atoms with Gasteiger partial charge in [-0.3, -0.25) is 0 Å². The monoisotopic (exact) mass is 406 g/mol. The Balaban J connectivity index is 1.84. The molecule has 0 radical (unpaired) electrons. The maximum absolute atomic E-state index is 14.9. The Labute approximate surface area is 171 Å². The topological polar surface area (TPSA) is 0 Å². The smallest absolute Gasteiger partial charge is 0.167 e. The van der Waals surface area contributed by atoms with Gasteiger partial charge in [-0.2, -0.15) is 0 Å². The minimum absolute atomic E-state index is 0.0207. The van der Waals surface area contributed by atoms with Gasteiger partial charge in [-0.1, -0.05) is 57.9 Å². The van der Waals surface area contributed by atoms with Gasteiger partial charge >= 0.3 is 0 Å². The molecule has 0 nitrogen and oxygen atoms in total. The second-order valence-electron chi connectivity index (χ2n) is 8.46. The SMILES string of the molecule is CCCC(C)C1CCC(c2ccc(-c3ccc(CC)c(F)c3F)c(F)c2F)CC1. The third-order valence-corrected chi connectivity index (χ3v) is 6.71. The first kappa shape index (κ1) is 21.9. The minimum Gasteiger partial charge on any atom is -0.203 e. The first-order chi connectivity index (χ1) is 13.9. The molecular formula is C25H30F4. The van der Waals surface area contributed by atoms with Crippen molar-refractivity contribution in [2.45, 2.75) is 71.6 Å². The zero-order valence-corrected chi connectivity index (χ0v) is 17.5. The zero-order valence-electron chi connectivity index (χ0n) is 17.5. The molecule has 1 saturated carbocycles. The van der Waals surface area contributed by atoms with Gasteiger partial charge in [0.2, 0.25) is 0 Å². The van der Waals surface area contributed by atoms with E-state index in [4.69, 9.17) is 0 Å². The average Bonchev–Trinajstić information content (AvgIpc) is 2.73. The second-order valence-corrected chi connectivity index (χ2v) is 8.46. The highest BCUT2D eigenvalue weighted by atomic mass is 19.2. The molecule has 1 unspecified atom stereocenters. The number of benzene rings is 2. The summed E-state index contributed by atoms with van der Waals surface area (Å²) in [7, 11) is 0. The van der Waals surface area contributed by atoms with Crippen molar-refractivity contribution in [1.29, 1.82) is 0 Å². The summed E-state index contributed by atoms with van der Waals surface area (Å²) < 4.78 is 58.3. The van der Waals surface area contributed by atoms with E-state index in [2.05, 4.69) is 13.8 Å². The van der Waals surface area contributed by atoms with Crippen LogP contribution in [0.4, 0.5) is 17.6 Å². The highest BCUT2D eigenvalue weighted by molar-refractivity contribution is 5.66. The molecule has 0 amide bonds. The molecule has 0 bridgehead atoms. The van der Waals surface area contributed by atoms with Gasteiger partial charge in [0.25, 0.3) is 0 Å². The predicted molar refractivity (Wildman–Crippen MR) is 110 cm³/mol. The number of rotatable bonds is 6. The first-order valence-electron chi connectivity index (χ1n) is 10.8. The Morgan fingerprint density at radius 3 is 1.97 bits per heavy atom. The Morgan fingerprint density at radius 1 is 0.793 bits per heavy atom. The van der Waals surface area contributed by atoms with Crippen LogP contribution in [0.5, 0.6) is 0 Å². The fraction of sp³-hybridized carbons (Fsp3) is 0.520. The molecular weight excluding hydrogens is 376 g/mol. The van der Waals surface area contributed by atoms with Crippen molar-refractivity contribution in [3.63, 3.8) is 0 Å². The molecule has 3 rings (SSSR count). The van der Waals surface area contributed by atoms with Crippen LogP contribution in [0.2, 0.25) is 0 Å². The van der Waals surface area contributed by atoms with Crippen LogP contribution < -0.4 is 0 Å². The number of halogens is 4. The van der Waals surface area contributed by atoms with E-state index in [1.165, 1.54) is 31.0 Å². The minimum atomic E-state index is -1.12.